The lowest BCUT2D eigenvalue weighted by Gasteiger charge is -2.39. The molecular formula is C20H22ClN3O3S. The molecule has 0 saturated carbocycles. The molecule has 28 heavy (non-hydrogen) atoms. The first kappa shape index (κ1) is 20.4. The van der Waals surface area contributed by atoms with Crippen molar-refractivity contribution in [2.24, 2.45) is 0 Å². The van der Waals surface area contributed by atoms with Gasteiger partial charge >= 0.3 is 0 Å². The molecule has 0 spiro atoms. The summed E-state index contributed by atoms with van der Waals surface area (Å²) in [6.07, 6.45) is 0.479. The summed E-state index contributed by atoms with van der Waals surface area (Å²) >= 11 is 1.41. The van der Waals surface area contributed by atoms with E-state index in [1.807, 2.05) is 47.8 Å². The molecule has 4 rings (SSSR count). The molecule has 6 nitrogen and oxygen atoms in total. The highest BCUT2D eigenvalue weighted by Gasteiger charge is 2.41. The fourth-order valence-corrected chi connectivity index (χ4v) is 4.42. The molecule has 2 aromatic rings. The molecule has 1 aromatic carbocycles. The Morgan fingerprint density at radius 1 is 1.04 bits per heavy atom. The molecule has 2 fully saturated rings. The Kier molecular flexibility index (Phi) is 6.36. The molecule has 2 aliphatic rings. The Morgan fingerprint density at radius 2 is 1.82 bits per heavy atom. The number of hydrogen-bond acceptors (Lipinski definition) is 4. The van der Waals surface area contributed by atoms with Crippen LogP contribution in [0.25, 0.3) is 0 Å². The van der Waals surface area contributed by atoms with E-state index in [4.69, 9.17) is 0 Å². The van der Waals surface area contributed by atoms with E-state index in [0.29, 0.717) is 37.5 Å². The lowest BCUT2D eigenvalue weighted by atomic mass is 10.1. The summed E-state index contributed by atoms with van der Waals surface area (Å²) in [5, 5.41) is 1.88. The number of piperazine rings is 1. The predicted molar refractivity (Wildman–Crippen MR) is 109 cm³/mol. The SMILES string of the molecule is Cl.O=C(c1cccs1)N1CCC2C(=O)N(Cc3ccccc3)CC(=O)N2CC1. The zero-order valence-electron chi connectivity index (χ0n) is 15.3. The van der Waals surface area contributed by atoms with Gasteiger partial charge in [-0.05, 0) is 23.4 Å². The average molecular weight is 420 g/mol. The van der Waals surface area contributed by atoms with E-state index >= 15 is 0 Å². The summed E-state index contributed by atoms with van der Waals surface area (Å²) in [7, 11) is 0. The minimum Gasteiger partial charge on any atom is -0.336 e. The molecule has 0 bridgehead atoms. The summed E-state index contributed by atoms with van der Waals surface area (Å²) in [5.41, 5.74) is 1.01. The summed E-state index contributed by atoms with van der Waals surface area (Å²) in [4.78, 5) is 44.0. The topological polar surface area (TPSA) is 60.9 Å². The Balaban J connectivity index is 0.00000225. The lowest BCUT2D eigenvalue weighted by molar-refractivity contribution is -0.156. The van der Waals surface area contributed by atoms with E-state index in [0.717, 1.165) is 5.56 Å². The van der Waals surface area contributed by atoms with E-state index in [-0.39, 0.29) is 36.7 Å². The zero-order valence-corrected chi connectivity index (χ0v) is 17.0. The van der Waals surface area contributed by atoms with Crippen LogP contribution in [-0.4, -0.2) is 64.6 Å². The van der Waals surface area contributed by atoms with Gasteiger partial charge in [0.25, 0.3) is 5.91 Å². The van der Waals surface area contributed by atoms with Crippen molar-refractivity contribution in [2.45, 2.75) is 19.0 Å². The minimum absolute atomic E-state index is 0. The van der Waals surface area contributed by atoms with Crippen LogP contribution < -0.4 is 0 Å². The third-order valence-electron chi connectivity index (χ3n) is 5.14. The normalized spacial score (nSPS) is 19.7. The Morgan fingerprint density at radius 3 is 2.54 bits per heavy atom. The molecule has 0 radical (unpaired) electrons. The standard InChI is InChI=1S/C20H21N3O3S.ClH/c24-18-14-22(13-15-5-2-1-3-6-15)19(25)16-8-9-21(10-11-23(16)18)20(26)17-7-4-12-27-17;/h1-7,12,16H,8-11,13-14H2;1H. The number of benzene rings is 1. The van der Waals surface area contributed by atoms with Crippen molar-refractivity contribution >= 4 is 41.5 Å². The molecule has 1 atom stereocenters. The first-order valence-corrected chi connectivity index (χ1v) is 9.96. The maximum absolute atomic E-state index is 13.0. The van der Waals surface area contributed by atoms with Crippen molar-refractivity contribution in [3.63, 3.8) is 0 Å². The molecule has 3 heterocycles. The predicted octanol–water partition coefficient (Wildman–Crippen LogP) is 2.26. The van der Waals surface area contributed by atoms with Crippen molar-refractivity contribution < 1.29 is 14.4 Å². The Bertz CT molecular complexity index is 844. The van der Waals surface area contributed by atoms with Gasteiger partial charge in [0, 0.05) is 26.2 Å². The van der Waals surface area contributed by atoms with Crippen LogP contribution in [0.4, 0.5) is 0 Å². The third kappa shape index (κ3) is 4.05. The number of nitrogens with zero attached hydrogens (tertiary/aromatic N) is 3. The van der Waals surface area contributed by atoms with E-state index < -0.39 is 6.04 Å². The van der Waals surface area contributed by atoms with Gasteiger partial charge in [0.05, 0.1) is 4.88 Å². The molecule has 1 unspecified atom stereocenters. The molecular weight excluding hydrogens is 398 g/mol. The van der Waals surface area contributed by atoms with Crippen LogP contribution in [0.3, 0.4) is 0 Å². The van der Waals surface area contributed by atoms with Crippen LogP contribution in [0.1, 0.15) is 21.7 Å². The van der Waals surface area contributed by atoms with Crippen molar-refractivity contribution in [3.05, 3.63) is 58.3 Å². The van der Waals surface area contributed by atoms with Gasteiger partial charge in [-0.3, -0.25) is 14.4 Å². The van der Waals surface area contributed by atoms with Crippen LogP contribution in [-0.2, 0) is 16.1 Å². The fourth-order valence-electron chi connectivity index (χ4n) is 3.72. The van der Waals surface area contributed by atoms with Crippen LogP contribution in [0.15, 0.2) is 47.8 Å². The minimum atomic E-state index is -0.476. The number of amides is 3. The van der Waals surface area contributed by atoms with E-state index in [9.17, 15) is 14.4 Å². The van der Waals surface area contributed by atoms with Gasteiger partial charge in [-0.25, -0.2) is 0 Å². The maximum Gasteiger partial charge on any atom is 0.263 e. The number of thiophene rings is 1. The molecule has 148 valence electrons. The summed E-state index contributed by atoms with van der Waals surface area (Å²) in [6.45, 7) is 1.89. The molecule has 0 N–H and O–H groups in total. The Labute approximate surface area is 174 Å². The van der Waals surface area contributed by atoms with E-state index in [1.54, 1.807) is 14.7 Å². The number of carbonyl (C=O) groups excluding carboxylic acids is 3. The van der Waals surface area contributed by atoms with Gasteiger partial charge in [-0.2, -0.15) is 0 Å². The first-order valence-electron chi connectivity index (χ1n) is 9.08. The van der Waals surface area contributed by atoms with Gasteiger partial charge < -0.3 is 14.7 Å². The average Bonchev–Trinajstić information content (AvgIpc) is 3.12. The highest BCUT2D eigenvalue weighted by Crippen LogP contribution is 2.22. The summed E-state index contributed by atoms with van der Waals surface area (Å²) in [5.74, 6) is -0.0873. The largest absolute Gasteiger partial charge is 0.336 e. The second-order valence-corrected chi connectivity index (χ2v) is 7.79. The molecule has 2 aliphatic heterocycles. The molecule has 2 saturated heterocycles. The maximum atomic E-state index is 13.0. The molecule has 0 aliphatic carbocycles. The van der Waals surface area contributed by atoms with Gasteiger partial charge in [0.15, 0.2) is 0 Å². The number of carbonyl (C=O) groups is 3. The fraction of sp³-hybridized carbons (Fsp3) is 0.350. The molecule has 1 aromatic heterocycles. The van der Waals surface area contributed by atoms with Crippen LogP contribution in [0.2, 0.25) is 0 Å². The number of halogens is 1. The number of rotatable bonds is 3. The second-order valence-electron chi connectivity index (χ2n) is 6.84. The highest BCUT2D eigenvalue weighted by atomic mass is 35.5. The quantitative estimate of drug-likeness (QED) is 0.766. The molecule has 3 amide bonds. The van der Waals surface area contributed by atoms with Gasteiger partial charge in [-0.15, -0.1) is 23.7 Å². The van der Waals surface area contributed by atoms with E-state index in [2.05, 4.69) is 0 Å². The van der Waals surface area contributed by atoms with E-state index in [1.165, 1.54) is 11.3 Å². The zero-order chi connectivity index (χ0) is 18.8. The van der Waals surface area contributed by atoms with Crippen molar-refractivity contribution in [1.82, 2.24) is 14.7 Å². The van der Waals surface area contributed by atoms with Crippen LogP contribution in [0, 0.1) is 0 Å². The monoisotopic (exact) mass is 419 g/mol. The number of hydrogen-bond donors (Lipinski definition) is 0. The Hall–Kier alpha value is -2.38. The van der Waals surface area contributed by atoms with Crippen LogP contribution in [0.5, 0.6) is 0 Å². The summed E-state index contributed by atoms with van der Waals surface area (Å²) in [6, 6.07) is 12.9. The van der Waals surface area contributed by atoms with Crippen molar-refractivity contribution in [3.8, 4) is 0 Å². The van der Waals surface area contributed by atoms with Crippen LogP contribution >= 0.6 is 23.7 Å². The van der Waals surface area contributed by atoms with Crippen molar-refractivity contribution in [2.75, 3.05) is 26.2 Å². The van der Waals surface area contributed by atoms with Gasteiger partial charge in [0.2, 0.25) is 11.8 Å². The number of fused-ring (bicyclic) bond motifs is 1. The molecule has 8 heteroatoms. The van der Waals surface area contributed by atoms with Gasteiger partial charge in [-0.1, -0.05) is 36.4 Å². The third-order valence-corrected chi connectivity index (χ3v) is 6.00. The first-order chi connectivity index (χ1) is 13.1. The summed E-state index contributed by atoms with van der Waals surface area (Å²) < 4.78 is 0. The lowest BCUT2D eigenvalue weighted by Crippen LogP contribution is -2.59. The second kappa shape index (κ2) is 8.75. The van der Waals surface area contributed by atoms with Gasteiger partial charge in [0.1, 0.15) is 12.6 Å². The smallest absolute Gasteiger partial charge is 0.263 e. The highest BCUT2D eigenvalue weighted by molar-refractivity contribution is 7.12. The van der Waals surface area contributed by atoms with Crippen molar-refractivity contribution in [1.29, 1.82) is 0 Å².